The van der Waals surface area contributed by atoms with E-state index in [1.54, 1.807) is 19.2 Å². The second-order valence-corrected chi connectivity index (χ2v) is 4.11. The van der Waals surface area contributed by atoms with Crippen LogP contribution in [0.1, 0.15) is 12.0 Å². The number of methoxy groups -OCH3 is 1. The Morgan fingerprint density at radius 3 is 2.26 bits per heavy atom. The Morgan fingerprint density at radius 1 is 0.947 bits per heavy atom. The summed E-state index contributed by atoms with van der Waals surface area (Å²) >= 11 is 0. The second kappa shape index (κ2) is 6.59. The Labute approximate surface area is 112 Å². The summed E-state index contributed by atoms with van der Waals surface area (Å²) in [7, 11) is 1.55. The molecular formula is C16H16O3. The van der Waals surface area contributed by atoms with Gasteiger partial charge >= 0.3 is 5.97 Å². The summed E-state index contributed by atoms with van der Waals surface area (Å²) in [4.78, 5) is 11.8. The lowest BCUT2D eigenvalue weighted by atomic mass is 10.1. The molecule has 2 aromatic rings. The van der Waals surface area contributed by atoms with E-state index in [4.69, 9.17) is 9.47 Å². The minimum absolute atomic E-state index is 0.256. The van der Waals surface area contributed by atoms with Crippen LogP contribution in [0.2, 0.25) is 0 Å². The van der Waals surface area contributed by atoms with Crippen LogP contribution in [-0.4, -0.2) is 13.1 Å². The zero-order chi connectivity index (χ0) is 13.5. The Kier molecular flexibility index (Phi) is 4.56. The van der Waals surface area contributed by atoms with E-state index in [9.17, 15) is 4.79 Å². The number of rotatable bonds is 5. The van der Waals surface area contributed by atoms with Crippen molar-refractivity contribution < 1.29 is 14.3 Å². The van der Waals surface area contributed by atoms with E-state index in [-0.39, 0.29) is 5.97 Å². The van der Waals surface area contributed by atoms with Gasteiger partial charge in [-0.15, -0.1) is 0 Å². The van der Waals surface area contributed by atoms with Gasteiger partial charge in [-0.25, -0.2) is 0 Å². The molecular weight excluding hydrogens is 240 g/mol. The summed E-state index contributed by atoms with van der Waals surface area (Å²) in [6.07, 6.45) is 1.02. The van der Waals surface area contributed by atoms with Crippen LogP contribution in [0, 0.1) is 0 Å². The summed E-state index contributed by atoms with van der Waals surface area (Å²) in [5.74, 6) is 0.770. The van der Waals surface area contributed by atoms with E-state index < -0.39 is 0 Å². The number of hydrogen-bond donors (Lipinski definition) is 0. The molecule has 0 heterocycles. The van der Waals surface area contributed by atoms with Crippen molar-refractivity contribution in [2.75, 3.05) is 7.11 Å². The van der Waals surface area contributed by atoms with Crippen LogP contribution in [0.4, 0.5) is 0 Å². The molecule has 0 saturated heterocycles. The average Bonchev–Trinajstić information content (AvgIpc) is 2.47. The normalized spacial score (nSPS) is 9.95. The van der Waals surface area contributed by atoms with Gasteiger partial charge in [0.1, 0.15) is 0 Å². The summed E-state index contributed by atoms with van der Waals surface area (Å²) in [5.41, 5.74) is 1.12. The van der Waals surface area contributed by atoms with Crippen LogP contribution >= 0.6 is 0 Å². The lowest BCUT2D eigenvalue weighted by Crippen LogP contribution is -2.09. The number of para-hydroxylation sites is 2. The van der Waals surface area contributed by atoms with E-state index in [1.165, 1.54) is 0 Å². The van der Waals surface area contributed by atoms with Crippen LogP contribution in [-0.2, 0) is 11.2 Å². The van der Waals surface area contributed by atoms with Crippen LogP contribution in [0.15, 0.2) is 54.6 Å². The highest BCUT2D eigenvalue weighted by Crippen LogP contribution is 2.26. The average molecular weight is 256 g/mol. The maximum atomic E-state index is 11.8. The molecule has 3 heteroatoms. The first-order valence-electron chi connectivity index (χ1n) is 6.17. The van der Waals surface area contributed by atoms with Gasteiger partial charge in [0.25, 0.3) is 0 Å². The largest absolute Gasteiger partial charge is 0.493 e. The van der Waals surface area contributed by atoms with Gasteiger partial charge in [0.2, 0.25) is 0 Å². The summed E-state index contributed by atoms with van der Waals surface area (Å²) in [6, 6.07) is 17.0. The molecule has 0 unspecified atom stereocenters. The number of esters is 1. The Bertz CT molecular complexity index is 535. The van der Waals surface area contributed by atoms with Crippen LogP contribution in [0.5, 0.6) is 11.5 Å². The zero-order valence-electron chi connectivity index (χ0n) is 10.8. The molecule has 0 aromatic heterocycles. The van der Waals surface area contributed by atoms with E-state index >= 15 is 0 Å². The molecule has 98 valence electrons. The third kappa shape index (κ3) is 3.85. The number of aryl methyl sites for hydroxylation is 1. The first-order valence-corrected chi connectivity index (χ1v) is 6.17. The van der Waals surface area contributed by atoms with E-state index in [2.05, 4.69) is 0 Å². The Hall–Kier alpha value is -2.29. The molecule has 0 bridgehead atoms. The lowest BCUT2D eigenvalue weighted by Gasteiger charge is -2.08. The first kappa shape index (κ1) is 13.1. The van der Waals surface area contributed by atoms with Crippen molar-refractivity contribution in [1.82, 2.24) is 0 Å². The quantitative estimate of drug-likeness (QED) is 0.608. The molecule has 0 spiro atoms. The van der Waals surface area contributed by atoms with Crippen molar-refractivity contribution in [2.45, 2.75) is 12.8 Å². The zero-order valence-corrected chi connectivity index (χ0v) is 10.8. The molecule has 0 N–H and O–H groups in total. The molecule has 0 aliphatic heterocycles. The summed E-state index contributed by atoms with van der Waals surface area (Å²) in [6.45, 7) is 0. The highest BCUT2D eigenvalue weighted by Gasteiger charge is 2.09. The molecule has 0 radical (unpaired) electrons. The monoisotopic (exact) mass is 256 g/mol. The molecule has 0 amide bonds. The van der Waals surface area contributed by atoms with E-state index in [0.717, 1.165) is 5.56 Å². The molecule has 0 atom stereocenters. The van der Waals surface area contributed by atoms with Gasteiger partial charge in [0.05, 0.1) is 7.11 Å². The Balaban J connectivity index is 1.91. The van der Waals surface area contributed by atoms with Crippen LogP contribution in [0.3, 0.4) is 0 Å². The number of ether oxygens (including phenoxy) is 2. The molecule has 0 saturated carbocycles. The van der Waals surface area contributed by atoms with E-state index in [1.807, 2.05) is 42.5 Å². The van der Waals surface area contributed by atoms with Crippen LogP contribution < -0.4 is 9.47 Å². The standard InChI is InChI=1S/C16H16O3/c1-18-14-9-5-6-10-15(14)19-16(17)12-11-13-7-3-2-4-8-13/h2-10H,11-12H2,1H3. The molecule has 0 fully saturated rings. The fraction of sp³-hybridized carbons (Fsp3) is 0.188. The number of hydrogen-bond acceptors (Lipinski definition) is 3. The van der Waals surface area contributed by atoms with Gasteiger partial charge in [-0.05, 0) is 24.1 Å². The van der Waals surface area contributed by atoms with Gasteiger partial charge in [0, 0.05) is 6.42 Å². The predicted molar refractivity (Wildman–Crippen MR) is 73.4 cm³/mol. The Morgan fingerprint density at radius 2 is 1.58 bits per heavy atom. The fourth-order valence-electron chi connectivity index (χ4n) is 1.77. The fourth-order valence-corrected chi connectivity index (χ4v) is 1.77. The van der Waals surface area contributed by atoms with Gasteiger partial charge in [-0.2, -0.15) is 0 Å². The maximum Gasteiger partial charge on any atom is 0.311 e. The van der Waals surface area contributed by atoms with Crippen molar-refractivity contribution >= 4 is 5.97 Å². The van der Waals surface area contributed by atoms with Crippen molar-refractivity contribution in [2.24, 2.45) is 0 Å². The van der Waals surface area contributed by atoms with Crippen molar-refractivity contribution in [3.63, 3.8) is 0 Å². The molecule has 2 aromatic carbocycles. The van der Waals surface area contributed by atoms with Gasteiger partial charge in [0.15, 0.2) is 11.5 Å². The number of carbonyl (C=O) groups is 1. The minimum atomic E-state index is -0.256. The SMILES string of the molecule is COc1ccccc1OC(=O)CCc1ccccc1. The molecule has 19 heavy (non-hydrogen) atoms. The van der Waals surface area contributed by atoms with Gasteiger partial charge in [-0.3, -0.25) is 4.79 Å². The molecule has 0 aliphatic carbocycles. The summed E-state index contributed by atoms with van der Waals surface area (Å²) < 4.78 is 10.4. The van der Waals surface area contributed by atoms with Crippen molar-refractivity contribution in [1.29, 1.82) is 0 Å². The van der Waals surface area contributed by atoms with Gasteiger partial charge in [-0.1, -0.05) is 42.5 Å². The third-order valence-corrected chi connectivity index (χ3v) is 2.75. The number of benzene rings is 2. The van der Waals surface area contributed by atoms with Gasteiger partial charge < -0.3 is 9.47 Å². The lowest BCUT2D eigenvalue weighted by molar-refractivity contribution is -0.134. The third-order valence-electron chi connectivity index (χ3n) is 2.75. The highest BCUT2D eigenvalue weighted by molar-refractivity contribution is 5.73. The smallest absolute Gasteiger partial charge is 0.311 e. The highest BCUT2D eigenvalue weighted by atomic mass is 16.6. The van der Waals surface area contributed by atoms with Crippen LogP contribution in [0.25, 0.3) is 0 Å². The molecule has 3 nitrogen and oxygen atoms in total. The molecule has 0 aliphatic rings. The number of carbonyl (C=O) groups excluding carboxylic acids is 1. The predicted octanol–water partition coefficient (Wildman–Crippen LogP) is 3.23. The molecule has 2 rings (SSSR count). The first-order chi connectivity index (χ1) is 9.29. The topological polar surface area (TPSA) is 35.5 Å². The summed E-state index contributed by atoms with van der Waals surface area (Å²) in [5, 5.41) is 0. The van der Waals surface area contributed by atoms with Crippen molar-refractivity contribution in [3.8, 4) is 11.5 Å². The minimum Gasteiger partial charge on any atom is -0.493 e. The van der Waals surface area contributed by atoms with Crippen molar-refractivity contribution in [3.05, 3.63) is 60.2 Å². The van der Waals surface area contributed by atoms with E-state index in [0.29, 0.717) is 24.3 Å². The maximum absolute atomic E-state index is 11.8. The second-order valence-electron chi connectivity index (χ2n) is 4.11.